The zero-order chi connectivity index (χ0) is 21.8. The molecule has 0 bridgehead atoms. The number of ketones is 1. The van der Waals surface area contributed by atoms with Gasteiger partial charge in [0.2, 0.25) is 5.78 Å². The van der Waals surface area contributed by atoms with Gasteiger partial charge >= 0.3 is 5.97 Å². The maximum atomic E-state index is 12.6. The molecule has 0 aliphatic heterocycles. The number of aromatic nitrogens is 1. The predicted octanol–water partition coefficient (Wildman–Crippen LogP) is 3.49. The molecule has 2 aromatic heterocycles. The van der Waals surface area contributed by atoms with Crippen LogP contribution in [0.4, 0.5) is 0 Å². The van der Waals surface area contributed by atoms with E-state index in [0.717, 1.165) is 22.6 Å². The average molecular weight is 408 g/mol. The van der Waals surface area contributed by atoms with Crippen LogP contribution in [0.25, 0.3) is 5.69 Å². The first-order chi connectivity index (χ1) is 14.3. The maximum Gasteiger partial charge on any atom is 0.326 e. The number of likely N-dealkylation sites (N-methyl/N-ethyl adjacent to an activating group) is 1. The first-order valence-electron chi connectivity index (χ1n) is 9.51. The fraction of sp³-hybridized carbons (Fsp3) is 0.261. The number of esters is 1. The summed E-state index contributed by atoms with van der Waals surface area (Å²) in [5.41, 5.74) is 4.31. The number of carbonyl (C=O) groups is 3. The number of hydrogen-bond acceptors (Lipinski definition) is 5. The zero-order valence-corrected chi connectivity index (χ0v) is 17.5. The van der Waals surface area contributed by atoms with Crippen molar-refractivity contribution in [3.05, 3.63) is 77.0 Å². The highest BCUT2D eigenvalue weighted by atomic mass is 16.5. The Labute approximate surface area is 174 Å². The second kappa shape index (κ2) is 8.82. The molecule has 0 aliphatic rings. The topological polar surface area (TPSA) is 81.8 Å². The molecular formula is C23H24N2O5. The molecule has 156 valence electrons. The number of aryl methyl sites for hydroxylation is 2. The van der Waals surface area contributed by atoms with Gasteiger partial charge in [0, 0.05) is 29.7 Å². The van der Waals surface area contributed by atoms with E-state index >= 15 is 0 Å². The van der Waals surface area contributed by atoms with Crippen LogP contribution in [-0.2, 0) is 9.53 Å². The van der Waals surface area contributed by atoms with E-state index in [1.54, 1.807) is 12.1 Å². The van der Waals surface area contributed by atoms with E-state index in [2.05, 4.69) is 0 Å². The van der Waals surface area contributed by atoms with E-state index in [0.29, 0.717) is 5.56 Å². The summed E-state index contributed by atoms with van der Waals surface area (Å²) in [6.45, 7) is 5.12. The SMILES string of the molecule is Cc1ccc(-n2c(C)cc(C(=O)COC(=O)CN(C)C(=O)c3ccco3)c2C)cc1. The van der Waals surface area contributed by atoms with E-state index in [4.69, 9.17) is 9.15 Å². The summed E-state index contributed by atoms with van der Waals surface area (Å²) in [7, 11) is 1.46. The number of hydrogen-bond donors (Lipinski definition) is 0. The van der Waals surface area contributed by atoms with Crippen LogP contribution in [0.3, 0.4) is 0 Å². The lowest BCUT2D eigenvalue weighted by Gasteiger charge is -2.14. The molecule has 1 amide bonds. The molecule has 0 spiro atoms. The van der Waals surface area contributed by atoms with Gasteiger partial charge in [0.25, 0.3) is 5.91 Å². The molecule has 30 heavy (non-hydrogen) atoms. The van der Waals surface area contributed by atoms with E-state index in [1.807, 2.05) is 49.6 Å². The number of amides is 1. The average Bonchev–Trinajstić information content (AvgIpc) is 3.35. The molecule has 0 aliphatic carbocycles. The van der Waals surface area contributed by atoms with Gasteiger partial charge in [-0.05, 0) is 51.1 Å². The summed E-state index contributed by atoms with van der Waals surface area (Å²) in [6, 6.07) is 12.9. The molecule has 1 aromatic carbocycles. The van der Waals surface area contributed by atoms with Crippen LogP contribution in [0, 0.1) is 20.8 Å². The van der Waals surface area contributed by atoms with Crippen molar-refractivity contribution in [3.8, 4) is 5.69 Å². The van der Waals surface area contributed by atoms with Crippen LogP contribution in [0.15, 0.2) is 53.1 Å². The molecule has 0 saturated carbocycles. The molecule has 7 heteroatoms. The number of benzene rings is 1. The van der Waals surface area contributed by atoms with E-state index in [-0.39, 0.29) is 24.7 Å². The van der Waals surface area contributed by atoms with E-state index in [1.165, 1.54) is 24.3 Å². The Morgan fingerprint density at radius 2 is 1.77 bits per heavy atom. The summed E-state index contributed by atoms with van der Waals surface area (Å²) in [6.07, 6.45) is 1.38. The molecule has 0 saturated heterocycles. The van der Waals surface area contributed by atoms with Crippen LogP contribution in [-0.4, -0.2) is 47.3 Å². The Morgan fingerprint density at radius 1 is 1.07 bits per heavy atom. The van der Waals surface area contributed by atoms with Crippen LogP contribution in [0.2, 0.25) is 0 Å². The van der Waals surface area contributed by atoms with Crippen LogP contribution in [0.5, 0.6) is 0 Å². The predicted molar refractivity (Wildman–Crippen MR) is 111 cm³/mol. The number of nitrogens with zero attached hydrogens (tertiary/aromatic N) is 2. The molecule has 0 radical (unpaired) electrons. The summed E-state index contributed by atoms with van der Waals surface area (Å²) in [4.78, 5) is 38.0. The Kier molecular flexibility index (Phi) is 6.20. The van der Waals surface area contributed by atoms with Crippen molar-refractivity contribution in [1.82, 2.24) is 9.47 Å². The summed E-state index contributed by atoms with van der Waals surface area (Å²) in [5.74, 6) is -1.28. The molecule has 0 fully saturated rings. The zero-order valence-electron chi connectivity index (χ0n) is 17.5. The largest absolute Gasteiger partial charge is 0.459 e. The van der Waals surface area contributed by atoms with Gasteiger partial charge in [-0.2, -0.15) is 0 Å². The Hall–Kier alpha value is -3.61. The Bertz CT molecular complexity index is 1060. The van der Waals surface area contributed by atoms with Crippen LogP contribution >= 0.6 is 0 Å². The van der Waals surface area contributed by atoms with E-state index in [9.17, 15) is 14.4 Å². The number of ether oxygens (including phenoxy) is 1. The van der Waals surface area contributed by atoms with Gasteiger partial charge in [0.15, 0.2) is 12.4 Å². The van der Waals surface area contributed by atoms with Crippen molar-refractivity contribution in [2.75, 3.05) is 20.2 Å². The van der Waals surface area contributed by atoms with Crippen LogP contribution in [0.1, 0.15) is 37.9 Å². The van der Waals surface area contributed by atoms with Gasteiger partial charge in [-0.1, -0.05) is 17.7 Å². The van der Waals surface area contributed by atoms with Gasteiger partial charge in [0.05, 0.1) is 6.26 Å². The third-order valence-corrected chi connectivity index (χ3v) is 4.83. The Balaban J connectivity index is 1.62. The fourth-order valence-corrected chi connectivity index (χ4v) is 3.26. The van der Waals surface area contributed by atoms with Gasteiger partial charge in [0.1, 0.15) is 6.54 Å². The minimum atomic E-state index is -0.668. The first-order valence-corrected chi connectivity index (χ1v) is 9.51. The highest BCUT2D eigenvalue weighted by Crippen LogP contribution is 2.21. The Morgan fingerprint density at radius 3 is 2.40 bits per heavy atom. The standard InChI is InChI=1S/C23H24N2O5/c1-15-7-9-18(10-8-15)25-16(2)12-19(17(25)3)20(26)14-30-22(27)13-24(4)23(28)21-6-5-11-29-21/h5-12H,13-14H2,1-4H3. The summed E-state index contributed by atoms with van der Waals surface area (Å²) in [5, 5.41) is 0. The lowest BCUT2D eigenvalue weighted by Crippen LogP contribution is -2.33. The smallest absolute Gasteiger partial charge is 0.326 e. The molecule has 3 rings (SSSR count). The van der Waals surface area contributed by atoms with E-state index < -0.39 is 11.9 Å². The normalized spacial score (nSPS) is 10.7. The van der Waals surface area contributed by atoms with Gasteiger partial charge in [-0.25, -0.2) is 0 Å². The second-order valence-electron chi connectivity index (χ2n) is 7.18. The van der Waals surface area contributed by atoms with Crippen LogP contribution < -0.4 is 0 Å². The van der Waals surface area contributed by atoms with Crippen molar-refractivity contribution in [3.63, 3.8) is 0 Å². The lowest BCUT2D eigenvalue weighted by atomic mass is 10.1. The summed E-state index contributed by atoms with van der Waals surface area (Å²) >= 11 is 0. The third kappa shape index (κ3) is 4.51. The first kappa shape index (κ1) is 21.1. The number of rotatable bonds is 7. The van der Waals surface area contributed by atoms with Crippen molar-refractivity contribution in [2.24, 2.45) is 0 Å². The molecular weight excluding hydrogens is 384 g/mol. The van der Waals surface area contributed by atoms with Crippen molar-refractivity contribution < 1.29 is 23.5 Å². The highest BCUT2D eigenvalue weighted by molar-refractivity contribution is 5.99. The molecule has 2 heterocycles. The third-order valence-electron chi connectivity index (χ3n) is 4.83. The fourth-order valence-electron chi connectivity index (χ4n) is 3.26. The van der Waals surface area contributed by atoms with Gasteiger partial charge in [-0.3, -0.25) is 14.4 Å². The van der Waals surface area contributed by atoms with Crippen molar-refractivity contribution in [1.29, 1.82) is 0 Å². The molecule has 0 atom stereocenters. The minimum Gasteiger partial charge on any atom is -0.459 e. The minimum absolute atomic E-state index is 0.130. The monoisotopic (exact) mass is 408 g/mol. The summed E-state index contributed by atoms with van der Waals surface area (Å²) < 4.78 is 12.1. The number of carbonyl (C=O) groups excluding carboxylic acids is 3. The van der Waals surface area contributed by atoms with Crippen molar-refractivity contribution >= 4 is 17.7 Å². The molecule has 3 aromatic rings. The molecule has 0 N–H and O–H groups in total. The van der Waals surface area contributed by atoms with Crippen molar-refractivity contribution in [2.45, 2.75) is 20.8 Å². The lowest BCUT2D eigenvalue weighted by molar-refractivity contribution is -0.143. The quantitative estimate of drug-likeness (QED) is 0.442. The molecule has 0 unspecified atom stereocenters. The number of Topliss-reactive ketones (excluding diaryl/α,β-unsaturated/α-hetero) is 1. The van der Waals surface area contributed by atoms with Gasteiger partial charge in [-0.15, -0.1) is 0 Å². The second-order valence-corrected chi connectivity index (χ2v) is 7.18. The maximum absolute atomic E-state index is 12.6. The molecule has 7 nitrogen and oxygen atoms in total. The van der Waals surface area contributed by atoms with Gasteiger partial charge < -0.3 is 18.6 Å². The number of furan rings is 1. The highest BCUT2D eigenvalue weighted by Gasteiger charge is 2.21.